The largest absolute Gasteiger partial charge is 0.375 e. The summed E-state index contributed by atoms with van der Waals surface area (Å²) in [4.78, 5) is 25.5. The van der Waals surface area contributed by atoms with Crippen LogP contribution in [0.2, 0.25) is 0 Å². The number of nitrogens with zero attached hydrogens (tertiary/aromatic N) is 1. The Morgan fingerprint density at radius 3 is 2.75 bits per heavy atom. The molecule has 0 aliphatic carbocycles. The van der Waals surface area contributed by atoms with E-state index in [9.17, 15) is 9.59 Å². The van der Waals surface area contributed by atoms with Crippen molar-refractivity contribution in [3.8, 4) is 0 Å². The van der Waals surface area contributed by atoms with Crippen LogP contribution in [0.15, 0.2) is 0 Å². The van der Waals surface area contributed by atoms with Crippen molar-refractivity contribution < 1.29 is 19.1 Å². The van der Waals surface area contributed by atoms with Gasteiger partial charge in [-0.3, -0.25) is 9.59 Å². The molecule has 2 N–H and O–H groups in total. The van der Waals surface area contributed by atoms with Crippen molar-refractivity contribution in [3.63, 3.8) is 0 Å². The summed E-state index contributed by atoms with van der Waals surface area (Å²) in [5, 5.41) is 6.07. The molecule has 1 atom stereocenters. The lowest BCUT2D eigenvalue weighted by molar-refractivity contribution is -0.146. The molecule has 0 saturated carbocycles. The van der Waals surface area contributed by atoms with E-state index in [0.717, 1.165) is 19.4 Å². The number of ether oxygens (including phenoxy) is 2. The standard InChI is InChI=1S/C13H23N3O4/c1-19-9-12(17)15-10-2-5-16(6-3-10)13(18)11-8-14-4-7-20-11/h10-11,14H,2-9H2,1H3,(H,15,17). The van der Waals surface area contributed by atoms with Crippen molar-refractivity contribution >= 4 is 11.8 Å². The number of likely N-dealkylation sites (tertiary alicyclic amines) is 1. The summed E-state index contributed by atoms with van der Waals surface area (Å²) in [7, 11) is 1.50. The molecule has 0 aromatic rings. The number of amides is 2. The highest BCUT2D eigenvalue weighted by Gasteiger charge is 2.30. The Hall–Kier alpha value is -1.18. The second kappa shape index (κ2) is 7.56. The van der Waals surface area contributed by atoms with E-state index in [-0.39, 0.29) is 30.6 Å². The summed E-state index contributed by atoms with van der Waals surface area (Å²) in [5.41, 5.74) is 0. The minimum atomic E-state index is -0.358. The average molecular weight is 285 g/mol. The molecule has 20 heavy (non-hydrogen) atoms. The van der Waals surface area contributed by atoms with E-state index in [1.165, 1.54) is 7.11 Å². The molecular weight excluding hydrogens is 262 g/mol. The van der Waals surface area contributed by atoms with Gasteiger partial charge in [0.25, 0.3) is 5.91 Å². The highest BCUT2D eigenvalue weighted by Crippen LogP contribution is 2.13. The molecule has 0 radical (unpaired) electrons. The normalized spacial score (nSPS) is 24.4. The fraction of sp³-hybridized carbons (Fsp3) is 0.846. The maximum absolute atomic E-state index is 12.2. The molecule has 2 rings (SSSR count). The van der Waals surface area contributed by atoms with E-state index in [4.69, 9.17) is 9.47 Å². The zero-order valence-corrected chi connectivity index (χ0v) is 11.9. The van der Waals surface area contributed by atoms with Gasteiger partial charge in [-0.1, -0.05) is 0 Å². The third-order valence-corrected chi connectivity index (χ3v) is 3.65. The molecule has 2 heterocycles. The van der Waals surface area contributed by atoms with Gasteiger partial charge in [0, 0.05) is 39.3 Å². The number of hydrogen-bond acceptors (Lipinski definition) is 5. The van der Waals surface area contributed by atoms with Crippen LogP contribution < -0.4 is 10.6 Å². The molecule has 2 aliphatic rings. The lowest BCUT2D eigenvalue weighted by atomic mass is 10.0. The Kier molecular flexibility index (Phi) is 5.75. The zero-order chi connectivity index (χ0) is 14.4. The van der Waals surface area contributed by atoms with Gasteiger partial charge in [0.05, 0.1) is 6.61 Å². The highest BCUT2D eigenvalue weighted by molar-refractivity contribution is 5.81. The van der Waals surface area contributed by atoms with Gasteiger partial charge in [-0.05, 0) is 12.8 Å². The SMILES string of the molecule is COCC(=O)NC1CCN(C(=O)C2CNCCO2)CC1. The molecule has 2 saturated heterocycles. The molecule has 2 amide bonds. The third kappa shape index (κ3) is 4.16. The molecule has 7 nitrogen and oxygen atoms in total. The van der Waals surface area contributed by atoms with Crippen LogP contribution in [0.1, 0.15) is 12.8 Å². The second-order valence-electron chi connectivity index (χ2n) is 5.16. The molecule has 0 aromatic carbocycles. The highest BCUT2D eigenvalue weighted by atomic mass is 16.5. The minimum Gasteiger partial charge on any atom is -0.375 e. The summed E-state index contributed by atoms with van der Waals surface area (Å²) < 4.78 is 10.3. The van der Waals surface area contributed by atoms with Gasteiger partial charge < -0.3 is 25.0 Å². The van der Waals surface area contributed by atoms with Gasteiger partial charge in [0.2, 0.25) is 5.91 Å². The number of rotatable bonds is 4. The topological polar surface area (TPSA) is 79.9 Å². The van der Waals surface area contributed by atoms with Gasteiger partial charge in [-0.25, -0.2) is 0 Å². The van der Waals surface area contributed by atoms with Crippen LogP contribution in [0.5, 0.6) is 0 Å². The summed E-state index contributed by atoms with van der Waals surface area (Å²) in [6.07, 6.45) is 1.20. The molecule has 2 aliphatic heterocycles. The lowest BCUT2D eigenvalue weighted by Crippen LogP contribution is -2.53. The number of carbonyl (C=O) groups excluding carboxylic acids is 2. The van der Waals surface area contributed by atoms with Crippen LogP contribution >= 0.6 is 0 Å². The number of morpholine rings is 1. The first-order valence-corrected chi connectivity index (χ1v) is 7.10. The predicted octanol–water partition coefficient (Wildman–Crippen LogP) is -1.27. The van der Waals surface area contributed by atoms with Crippen LogP contribution in [0.25, 0.3) is 0 Å². The molecule has 0 spiro atoms. The van der Waals surface area contributed by atoms with E-state index in [2.05, 4.69) is 10.6 Å². The number of piperidine rings is 1. The van der Waals surface area contributed by atoms with Crippen molar-refractivity contribution in [2.24, 2.45) is 0 Å². The van der Waals surface area contributed by atoms with Crippen LogP contribution in [0.3, 0.4) is 0 Å². The van der Waals surface area contributed by atoms with Gasteiger partial charge in [0.1, 0.15) is 12.7 Å². The monoisotopic (exact) mass is 285 g/mol. The van der Waals surface area contributed by atoms with E-state index in [1.807, 2.05) is 4.90 Å². The van der Waals surface area contributed by atoms with Crippen LogP contribution in [-0.4, -0.2) is 75.4 Å². The number of methoxy groups -OCH3 is 1. The second-order valence-corrected chi connectivity index (χ2v) is 5.16. The quantitative estimate of drug-likeness (QED) is 0.673. The Balaban J connectivity index is 1.73. The first-order chi connectivity index (χ1) is 9.70. The van der Waals surface area contributed by atoms with E-state index in [0.29, 0.717) is 26.2 Å². The smallest absolute Gasteiger partial charge is 0.253 e. The van der Waals surface area contributed by atoms with Gasteiger partial charge in [-0.15, -0.1) is 0 Å². The lowest BCUT2D eigenvalue weighted by Gasteiger charge is -2.35. The molecule has 114 valence electrons. The molecule has 2 fully saturated rings. The van der Waals surface area contributed by atoms with Crippen LogP contribution in [0.4, 0.5) is 0 Å². The molecule has 0 aromatic heterocycles. The summed E-state index contributed by atoms with van der Waals surface area (Å²) >= 11 is 0. The molecular formula is C13H23N3O4. The Labute approximate surface area is 119 Å². The zero-order valence-electron chi connectivity index (χ0n) is 11.9. The number of nitrogens with one attached hydrogen (secondary N) is 2. The van der Waals surface area contributed by atoms with Gasteiger partial charge in [0.15, 0.2) is 0 Å². The van der Waals surface area contributed by atoms with Crippen molar-refractivity contribution in [2.45, 2.75) is 25.0 Å². The summed E-state index contributed by atoms with van der Waals surface area (Å²) in [6.45, 7) is 3.38. The maximum atomic E-state index is 12.2. The van der Waals surface area contributed by atoms with Gasteiger partial charge >= 0.3 is 0 Å². The average Bonchev–Trinajstić information content (AvgIpc) is 2.48. The number of carbonyl (C=O) groups is 2. The number of hydrogen-bond donors (Lipinski definition) is 2. The first-order valence-electron chi connectivity index (χ1n) is 7.10. The van der Waals surface area contributed by atoms with Crippen molar-refractivity contribution in [3.05, 3.63) is 0 Å². The van der Waals surface area contributed by atoms with Crippen molar-refractivity contribution in [1.82, 2.24) is 15.5 Å². The van der Waals surface area contributed by atoms with E-state index >= 15 is 0 Å². The molecule has 7 heteroatoms. The van der Waals surface area contributed by atoms with Crippen molar-refractivity contribution in [2.75, 3.05) is 46.5 Å². The van der Waals surface area contributed by atoms with Gasteiger partial charge in [-0.2, -0.15) is 0 Å². The maximum Gasteiger partial charge on any atom is 0.253 e. The fourth-order valence-electron chi connectivity index (χ4n) is 2.57. The fourth-order valence-corrected chi connectivity index (χ4v) is 2.57. The predicted molar refractivity (Wildman–Crippen MR) is 72.2 cm³/mol. The van der Waals surface area contributed by atoms with E-state index in [1.54, 1.807) is 0 Å². The van der Waals surface area contributed by atoms with Crippen molar-refractivity contribution in [1.29, 1.82) is 0 Å². The minimum absolute atomic E-state index is 0.0545. The Morgan fingerprint density at radius 2 is 2.15 bits per heavy atom. The third-order valence-electron chi connectivity index (χ3n) is 3.65. The summed E-state index contributed by atoms with van der Waals surface area (Å²) in [6, 6.07) is 0.132. The first kappa shape index (κ1) is 15.2. The summed E-state index contributed by atoms with van der Waals surface area (Å²) in [5.74, 6) is -0.0454. The van der Waals surface area contributed by atoms with Crippen LogP contribution in [0, 0.1) is 0 Å². The Morgan fingerprint density at radius 1 is 1.40 bits per heavy atom. The van der Waals surface area contributed by atoms with Crippen LogP contribution in [-0.2, 0) is 19.1 Å². The Bertz CT molecular complexity index is 337. The van der Waals surface area contributed by atoms with E-state index < -0.39 is 0 Å². The molecule has 1 unspecified atom stereocenters. The molecule has 0 bridgehead atoms.